The van der Waals surface area contributed by atoms with Crippen LogP contribution in [0.4, 0.5) is 11.4 Å². The molecule has 1 heterocycles. The number of anilines is 2. The number of methoxy groups -OCH3 is 1. The molecule has 148 valence electrons. The summed E-state index contributed by atoms with van der Waals surface area (Å²) in [6, 6.07) is 14.4. The number of nitrogens with one attached hydrogen (secondary N) is 1. The van der Waals surface area contributed by atoms with Gasteiger partial charge in [0.1, 0.15) is 5.75 Å². The van der Waals surface area contributed by atoms with Crippen molar-refractivity contribution in [3.8, 4) is 5.75 Å². The summed E-state index contributed by atoms with van der Waals surface area (Å²) in [5, 5.41) is 3.12. The van der Waals surface area contributed by atoms with Crippen molar-refractivity contribution in [3.05, 3.63) is 53.6 Å². The van der Waals surface area contributed by atoms with Crippen LogP contribution in [-0.4, -0.2) is 50.1 Å². The first-order valence-corrected chi connectivity index (χ1v) is 10.2. The minimum Gasteiger partial charge on any atom is -0.497 e. The minimum atomic E-state index is -0.133. The number of hydrogen-bond donors (Lipinski definition) is 1. The number of piperazine rings is 1. The molecule has 1 amide bonds. The Hall–Kier alpha value is -2.53. The highest BCUT2D eigenvalue weighted by atomic mass is 16.5. The highest BCUT2D eigenvalue weighted by molar-refractivity contribution is 5.94. The molecule has 0 radical (unpaired) electrons. The Bertz CT molecular complexity index is 826. The number of benzene rings is 2. The summed E-state index contributed by atoms with van der Waals surface area (Å²) in [6.07, 6.45) is 3.52. The summed E-state index contributed by atoms with van der Waals surface area (Å²) in [5.41, 5.74) is 4.95. The van der Waals surface area contributed by atoms with E-state index in [2.05, 4.69) is 39.4 Å². The van der Waals surface area contributed by atoms with E-state index in [1.54, 1.807) is 7.11 Å². The van der Waals surface area contributed by atoms with E-state index in [9.17, 15) is 4.79 Å². The number of nitrogens with zero attached hydrogens (tertiary/aromatic N) is 2. The molecule has 0 bridgehead atoms. The zero-order valence-electron chi connectivity index (χ0n) is 16.8. The Morgan fingerprint density at radius 3 is 2.43 bits per heavy atom. The summed E-state index contributed by atoms with van der Waals surface area (Å²) in [6.45, 7) is 5.60. The van der Waals surface area contributed by atoms with Gasteiger partial charge in [0, 0.05) is 37.6 Å². The molecule has 0 unspecified atom stereocenters. The van der Waals surface area contributed by atoms with E-state index in [1.165, 1.54) is 29.7 Å². The Morgan fingerprint density at radius 2 is 1.71 bits per heavy atom. The van der Waals surface area contributed by atoms with Gasteiger partial charge < -0.3 is 15.0 Å². The lowest BCUT2D eigenvalue weighted by molar-refractivity contribution is -0.120. The van der Waals surface area contributed by atoms with E-state index in [4.69, 9.17) is 4.74 Å². The van der Waals surface area contributed by atoms with Crippen LogP contribution < -0.4 is 15.0 Å². The number of amides is 1. The molecule has 1 atom stereocenters. The van der Waals surface area contributed by atoms with Crippen molar-refractivity contribution >= 4 is 17.3 Å². The molecule has 2 aliphatic rings. The molecule has 0 spiro atoms. The number of rotatable bonds is 5. The van der Waals surface area contributed by atoms with Crippen molar-refractivity contribution in [3.63, 3.8) is 0 Å². The van der Waals surface area contributed by atoms with Crippen LogP contribution in [0.1, 0.15) is 24.5 Å². The quantitative estimate of drug-likeness (QED) is 0.866. The monoisotopic (exact) mass is 379 g/mol. The molecule has 1 aliphatic carbocycles. The van der Waals surface area contributed by atoms with Crippen molar-refractivity contribution in [2.75, 3.05) is 43.5 Å². The molecule has 2 aromatic rings. The van der Waals surface area contributed by atoms with Crippen LogP contribution in [0.3, 0.4) is 0 Å². The lowest BCUT2D eigenvalue weighted by atomic mass is 10.1. The van der Waals surface area contributed by atoms with Crippen LogP contribution in [0.2, 0.25) is 0 Å². The van der Waals surface area contributed by atoms with Gasteiger partial charge in [-0.15, -0.1) is 0 Å². The normalized spacial score (nSPS) is 17.9. The Kier molecular flexibility index (Phi) is 5.53. The van der Waals surface area contributed by atoms with Crippen molar-refractivity contribution < 1.29 is 9.53 Å². The van der Waals surface area contributed by atoms with Crippen LogP contribution in [0.25, 0.3) is 0 Å². The Labute approximate surface area is 167 Å². The minimum absolute atomic E-state index is 0.0795. The molecule has 1 saturated heterocycles. The van der Waals surface area contributed by atoms with Crippen molar-refractivity contribution in [1.82, 2.24) is 4.90 Å². The van der Waals surface area contributed by atoms with E-state index in [0.717, 1.165) is 44.0 Å². The summed E-state index contributed by atoms with van der Waals surface area (Å²) in [4.78, 5) is 17.4. The molecule has 1 N–H and O–H groups in total. The third kappa shape index (κ3) is 3.99. The summed E-state index contributed by atoms with van der Waals surface area (Å²) in [5.74, 6) is 0.954. The number of hydrogen-bond acceptors (Lipinski definition) is 4. The van der Waals surface area contributed by atoms with Gasteiger partial charge in [0.15, 0.2) is 0 Å². The molecule has 5 heteroatoms. The van der Waals surface area contributed by atoms with Crippen LogP contribution in [-0.2, 0) is 17.6 Å². The molecular formula is C23H29N3O2. The zero-order valence-corrected chi connectivity index (χ0v) is 16.8. The molecular weight excluding hydrogens is 350 g/mol. The second kappa shape index (κ2) is 8.23. The number of fused-ring (bicyclic) bond motifs is 1. The van der Waals surface area contributed by atoms with E-state index in [-0.39, 0.29) is 11.9 Å². The number of aryl methyl sites for hydroxylation is 2. The maximum absolute atomic E-state index is 12.8. The third-order valence-electron chi connectivity index (χ3n) is 6.05. The smallest absolute Gasteiger partial charge is 0.241 e. The van der Waals surface area contributed by atoms with Gasteiger partial charge in [0.25, 0.3) is 0 Å². The number of carbonyl (C=O) groups excluding carboxylic acids is 1. The lowest BCUT2D eigenvalue weighted by Crippen LogP contribution is -2.52. The van der Waals surface area contributed by atoms with Gasteiger partial charge in [-0.1, -0.05) is 6.07 Å². The first kappa shape index (κ1) is 18.8. The molecule has 28 heavy (non-hydrogen) atoms. The van der Waals surface area contributed by atoms with Crippen LogP contribution in [0.5, 0.6) is 5.75 Å². The predicted octanol–water partition coefficient (Wildman–Crippen LogP) is 3.33. The van der Waals surface area contributed by atoms with Gasteiger partial charge >= 0.3 is 0 Å². The second-order valence-electron chi connectivity index (χ2n) is 7.72. The highest BCUT2D eigenvalue weighted by Crippen LogP contribution is 2.25. The molecule has 0 aromatic heterocycles. The first-order valence-electron chi connectivity index (χ1n) is 10.2. The van der Waals surface area contributed by atoms with Crippen LogP contribution in [0.15, 0.2) is 42.5 Å². The van der Waals surface area contributed by atoms with Gasteiger partial charge in [-0.3, -0.25) is 9.69 Å². The molecule has 5 nitrogen and oxygen atoms in total. The van der Waals surface area contributed by atoms with E-state index in [0.29, 0.717) is 0 Å². The SMILES string of the molecule is COc1ccc(N2CCN([C@@H](C)C(=O)Nc3ccc4c(c3)CCC4)CC2)cc1. The first-order chi connectivity index (χ1) is 13.6. The van der Waals surface area contributed by atoms with E-state index >= 15 is 0 Å². The molecule has 2 aromatic carbocycles. The average molecular weight is 380 g/mol. The van der Waals surface area contributed by atoms with Gasteiger partial charge in [-0.2, -0.15) is 0 Å². The van der Waals surface area contributed by atoms with Gasteiger partial charge in [0.2, 0.25) is 5.91 Å². The Balaban J connectivity index is 1.31. The fourth-order valence-corrected chi connectivity index (χ4v) is 4.22. The average Bonchev–Trinajstić information content (AvgIpc) is 3.21. The molecule has 0 saturated carbocycles. The van der Waals surface area contributed by atoms with Crippen molar-refractivity contribution in [1.29, 1.82) is 0 Å². The van der Waals surface area contributed by atoms with Crippen molar-refractivity contribution in [2.24, 2.45) is 0 Å². The van der Waals surface area contributed by atoms with Gasteiger partial charge in [-0.05, 0) is 73.7 Å². The standard InChI is InChI=1S/C23H29N3O2/c1-17(23(27)24-20-7-6-18-4-3-5-19(18)16-20)25-12-14-26(15-13-25)21-8-10-22(28-2)11-9-21/h6-11,16-17H,3-5,12-15H2,1-2H3,(H,24,27)/t17-/m0/s1. The summed E-state index contributed by atoms with van der Waals surface area (Å²) < 4.78 is 5.23. The molecule has 4 rings (SSSR count). The maximum Gasteiger partial charge on any atom is 0.241 e. The predicted molar refractivity (Wildman–Crippen MR) is 113 cm³/mol. The zero-order chi connectivity index (χ0) is 19.5. The molecule has 1 aliphatic heterocycles. The lowest BCUT2D eigenvalue weighted by Gasteiger charge is -2.38. The largest absolute Gasteiger partial charge is 0.497 e. The fourth-order valence-electron chi connectivity index (χ4n) is 4.22. The van der Waals surface area contributed by atoms with Gasteiger partial charge in [0.05, 0.1) is 13.2 Å². The Morgan fingerprint density at radius 1 is 1.00 bits per heavy atom. The number of ether oxygens (including phenoxy) is 1. The second-order valence-corrected chi connectivity index (χ2v) is 7.72. The van der Waals surface area contributed by atoms with Crippen molar-refractivity contribution in [2.45, 2.75) is 32.2 Å². The third-order valence-corrected chi connectivity index (χ3v) is 6.05. The fraction of sp³-hybridized carbons (Fsp3) is 0.435. The number of carbonyl (C=O) groups is 1. The van der Waals surface area contributed by atoms with E-state index in [1.807, 2.05) is 25.1 Å². The van der Waals surface area contributed by atoms with Gasteiger partial charge in [-0.25, -0.2) is 0 Å². The highest BCUT2D eigenvalue weighted by Gasteiger charge is 2.26. The summed E-state index contributed by atoms with van der Waals surface area (Å²) >= 11 is 0. The molecule has 1 fully saturated rings. The van der Waals surface area contributed by atoms with E-state index < -0.39 is 0 Å². The topological polar surface area (TPSA) is 44.8 Å². The maximum atomic E-state index is 12.8. The van der Waals surface area contributed by atoms with Crippen LogP contribution >= 0.6 is 0 Å². The van der Waals surface area contributed by atoms with Crippen LogP contribution in [0, 0.1) is 0 Å². The summed E-state index contributed by atoms with van der Waals surface area (Å²) in [7, 11) is 1.68.